The zero-order chi connectivity index (χ0) is 33.0. The molecule has 0 N–H and O–H groups in total. The highest BCUT2D eigenvalue weighted by Gasteiger charge is 2.16. The van der Waals surface area contributed by atoms with Crippen molar-refractivity contribution in [2.24, 2.45) is 0 Å². The van der Waals surface area contributed by atoms with E-state index < -0.39 is 0 Å². The molecule has 0 unspecified atom stereocenters. The van der Waals surface area contributed by atoms with Crippen LogP contribution >= 0.6 is 11.3 Å². The Kier molecular flexibility index (Phi) is 6.68. The molecule has 7 aromatic carbocycles. The Labute approximate surface area is 293 Å². The lowest BCUT2D eigenvalue weighted by Gasteiger charge is -2.10. The van der Waals surface area contributed by atoms with Crippen LogP contribution in [-0.4, -0.2) is 14.5 Å². The quantitative estimate of drug-likeness (QED) is 0.185. The Balaban J connectivity index is 1.03. The number of thiophene rings is 1. The second-order valence-electron chi connectivity index (χ2n) is 12.7. The molecule has 0 atom stereocenters. The van der Waals surface area contributed by atoms with Crippen molar-refractivity contribution in [3.05, 3.63) is 176 Å². The molecule has 0 radical (unpaired) electrons. The second kappa shape index (κ2) is 11.7. The lowest BCUT2D eigenvalue weighted by atomic mass is 9.96. The highest BCUT2D eigenvalue weighted by Crippen LogP contribution is 2.41. The lowest BCUT2D eigenvalue weighted by molar-refractivity contribution is 1.18. The van der Waals surface area contributed by atoms with E-state index in [4.69, 9.17) is 9.97 Å². The van der Waals surface area contributed by atoms with E-state index in [0.717, 1.165) is 32.5 Å². The summed E-state index contributed by atoms with van der Waals surface area (Å²) in [5, 5.41) is 3.66. The van der Waals surface area contributed by atoms with Crippen molar-refractivity contribution in [2.45, 2.75) is 0 Å². The summed E-state index contributed by atoms with van der Waals surface area (Å²) in [5.41, 5.74) is 13.7. The average molecular weight is 656 g/mol. The first-order chi connectivity index (χ1) is 24.8. The summed E-state index contributed by atoms with van der Waals surface area (Å²) in [4.78, 5) is 9.70. The SMILES string of the molecule is c1ccc(-c2ccc(-c3cccc(-c4ccc5sc6c(-c7cccc(-n8c9ccccc9c9ccccc98)c7)ncnc6c5c4)c3)cc2)cc1. The Morgan fingerprint density at radius 3 is 1.72 bits per heavy atom. The van der Waals surface area contributed by atoms with Crippen LogP contribution in [0, 0.1) is 0 Å². The molecular formula is C46H29N3S. The number of fused-ring (bicyclic) bond motifs is 6. The molecule has 0 aliphatic rings. The van der Waals surface area contributed by atoms with Gasteiger partial charge in [0.2, 0.25) is 0 Å². The second-order valence-corrected chi connectivity index (χ2v) is 13.7. The zero-order valence-electron chi connectivity index (χ0n) is 27.0. The number of benzene rings is 7. The predicted octanol–water partition coefficient (Wildman–Crippen LogP) is 12.6. The minimum absolute atomic E-state index is 0.960. The highest BCUT2D eigenvalue weighted by atomic mass is 32.1. The summed E-state index contributed by atoms with van der Waals surface area (Å²) in [6, 6.07) is 60.9. The molecule has 10 aromatic rings. The molecule has 0 aliphatic carbocycles. The van der Waals surface area contributed by atoms with E-state index in [2.05, 4.69) is 174 Å². The Bertz CT molecular complexity index is 2810. The normalized spacial score (nSPS) is 11.6. The van der Waals surface area contributed by atoms with Crippen LogP contribution < -0.4 is 0 Å². The molecule has 50 heavy (non-hydrogen) atoms. The number of para-hydroxylation sites is 2. The third kappa shape index (κ3) is 4.73. The van der Waals surface area contributed by atoms with Crippen molar-refractivity contribution < 1.29 is 0 Å². The van der Waals surface area contributed by atoms with Gasteiger partial charge in [-0.05, 0) is 75.8 Å². The summed E-state index contributed by atoms with van der Waals surface area (Å²) >= 11 is 1.76. The van der Waals surface area contributed by atoms with E-state index in [1.807, 2.05) is 0 Å². The van der Waals surface area contributed by atoms with Crippen molar-refractivity contribution in [1.29, 1.82) is 0 Å². The Hall–Kier alpha value is -6.36. The van der Waals surface area contributed by atoms with E-state index in [1.54, 1.807) is 17.7 Å². The highest BCUT2D eigenvalue weighted by molar-refractivity contribution is 7.26. The molecule has 0 saturated heterocycles. The van der Waals surface area contributed by atoms with Gasteiger partial charge in [0.15, 0.2) is 0 Å². The number of aromatic nitrogens is 3. The lowest BCUT2D eigenvalue weighted by Crippen LogP contribution is -1.95. The van der Waals surface area contributed by atoms with Gasteiger partial charge in [0.25, 0.3) is 0 Å². The van der Waals surface area contributed by atoms with Gasteiger partial charge in [0, 0.05) is 32.1 Å². The first-order valence-electron chi connectivity index (χ1n) is 16.8. The zero-order valence-corrected chi connectivity index (χ0v) is 27.8. The molecule has 0 saturated carbocycles. The van der Waals surface area contributed by atoms with Gasteiger partial charge in [0.1, 0.15) is 6.33 Å². The fourth-order valence-corrected chi connectivity index (χ4v) is 8.47. The topological polar surface area (TPSA) is 30.7 Å². The van der Waals surface area contributed by atoms with Crippen molar-refractivity contribution in [3.8, 4) is 50.3 Å². The van der Waals surface area contributed by atoms with Gasteiger partial charge in [-0.15, -0.1) is 11.3 Å². The number of nitrogens with zero attached hydrogens (tertiary/aromatic N) is 3. The van der Waals surface area contributed by atoms with Gasteiger partial charge >= 0.3 is 0 Å². The van der Waals surface area contributed by atoms with Crippen molar-refractivity contribution in [2.75, 3.05) is 0 Å². The van der Waals surface area contributed by atoms with Crippen LogP contribution in [0.5, 0.6) is 0 Å². The third-order valence-corrected chi connectivity index (χ3v) is 10.9. The maximum atomic E-state index is 4.86. The summed E-state index contributed by atoms with van der Waals surface area (Å²) in [6.45, 7) is 0. The summed E-state index contributed by atoms with van der Waals surface area (Å²) in [5.74, 6) is 0. The van der Waals surface area contributed by atoms with E-state index in [1.165, 1.54) is 59.9 Å². The first-order valence-corrected chi connectivity index (χ1v) is 17.6. The maximum absolute atomic E-state index is 4.86. The smallest absolute Gasteiger partial charge is 0.116 e. The van der Waals surface area contributed by atoms with Crippen LogP contribution in [0.15, 0.2) is 176 Å². The molecule has 3 nitrogen and oxygen atoms in total. The number of hydrogen-bond acceptors (Lipinski definition) is 3. The fraction of sp³-hybridized carbons (Fsp3) is 0. The van der Waals surface area contributed by atoms with Crippen LogP contribution in [0.3, 0.4) is 0 Å². The molecular weight excluding hydrogens is 627 g/mol. The molecule has 4 heteroatoms. The van der Waals surface area contributed by atoms with Crippen molar-refractivity contribution in [3.63, 3.8) is 0 Å². The molecule has 0 amide bonds. The molecule has 234 valence electrons. The number of hydrogen-bond donors (Lipinski definition) is 0. The summed E-state index contributed by atoms with van der Waals surface area (Å²) in [6.07, 6.45) is 1.71. The molecule has 0 bridgehead atoms. The van der Waals surface area contributed by atoms with Crippen LogP contribution in [0.1, 0.15) is 0 Å². The largest absolute Gasteiger partial charge is 0.309 e. The van der Waals surface area contributed by atoms with Crippen LogP contribution in [0.25, 0.3) is 92.4 Å². The van der Waals surface area contributed by atoms with Crippen molar-refractivity contribution >= 4 is 53.4 Å². The van der Waals surface area contributed by atoms with Gasteiger partial charge in [-0.1, -0.05) is 127 Å². The van der Waals surface area contributed by atoms with Gasteiger partial charge in [-0.3, -0.25) is 0 Å². The minimum atomic E-state index is 0.960. The molecule has 3 heterocycles. The van der Waals surface area contributed by atoms with Crippen LogP contribution in [0.2, 0.25) is 0 Å². The molecule has 3 aromatic heterocycles. The van der Waals surface area contributed by atoms with Crippen molar-refractivity contribution in [1.82, 2.24) is 14.5 Å². The van der Waals surface area contributed by atoms with Gasteiger partial charge in [0.05, 0.1) is 26.9 Å². The maximum Gasteiger partial charge on any atom is 0.116 e. The van der Waals surface area contributed by atoms with Gasteiger partial charge in [-0.2, -0.15) is 0 Å². The fourth-order valence-electron chi connectivity index (χ4n) is 7.32. The summed E-state index contributed by atoms with van der Waals surface area (Å²) in [7, 11) is 0. The van der Waals surface area contributed by atoms with Gasteiger partial charge < -0.3 is 4.57 Å². The Morgan fingerprint density at radius 1 is 0.400 bits per heavy atom. The Morgan fingerprint density at radius 2 is 0.960 bits per heavy atom. The van der Waals surface area contributed by atoms with Crippen LogP contribution in [0.4, 0.5) is 0 Å². The standard InChI is InChI=1S/C46H29N3S/c1-2-10-30(11-3-1)31-20-22-32(23-21-31)33-12-8-13-34(26-33)35-24-25-43-40(28-35)45-46(50-43)44(47-29-48-45)36-14-9-15-37(27-36)49-41-18-6-4-16-38(41)39-17-5-7-19-42(39)49/h1-29H. The van der Waals surface area contributed by atoms with E-state index >= 15 is 0 Å². The molecule has 0 aliphatic heterocycles. The third-order valence-electron chi connectivity index (χ3n) is 9.73. The average Bonchev–Trinajstić information content (AvgIpc) is 3.74. The predicted molar refractivity (Wildman–Crippen MR) is 211 cm³/mol. The van der Waals surface area contributed by atoms with E-state index in [9.17, 15) is 0 Å². The molecule has 0 spiro atoms. The monoisotopic (exact) mass is 655 g/mol. The summed E-state index contributed by atoms with van der Waals surface area (Å²) < 4.78 is 4.66. The van der Waals surface area contributed by atoms with Crippen LogP contribution in [-0.2, 0) is 0 Å². The van der Waals surface area contributed by atoms with Gasteiger partial charge in [-0.25, -0.2) is 9.97 Å². The number of rotatable bonds is 5. The first kappa shape index (κ1) is 28.6. The molecule has 0 fully saturated rings. The van der Waals surface area contributed by atoms with E-state index in [0.29, 0.717) is 0 Å². The molecule has 10 rings (SSSR count). The minimum Gasteiger partial charge on any atom is -0.309 e. The van der Waals surface area contributed by atoms with E-state index in [-0.39, 0.29) is 0 Å².